The highest BCUT2D eigenvalue weighted by atomic mass is 16.2. The Morgan fingerprint density at radius 2 is 2.08 bits per heavy atom. The zero-order chi connectivity index (χ0) is 17.8. The van der Waals surface area contributed by atoms with Crippen molar-refractivity contribution in [3.63, 3.8) is 0 Å². The van der Waals surface area contributed by atoms with Crippen LogP contribution in [0.5, 0.6) is 0 Å². The van der Waals surface area contributed by atoms with E-state index in [0.29, 0.717) is 24.2 Å². The molecule has 2 aromatic rings. The molecular formula is C19H21N3O3. The molecule has 2 heterocycles. The molecule has 0 radical (unpaired) electrons. The van der Waals surface area contributed by atoms with Gasteiger partial charge in [-0.15, -0.1) is 0 Å². The number of aromatic amines is 1. The maximum Gasteiger partial charge on any atom is 0.267 e. The molecule has 1 saturated heterocycles. The third-order valence-corrected chi connectivity index (χ3v) is 4.33. The van der Waals surface area contributed by atoms with Gasteiger partial charge in [0.25, 0.3) is 5.91 Å². The number of hydrogen-bond donors (Lipinski definition) is 2. The maximum absolute atomic E-state index is 12.2. The topological polar surface area (TPSA) is 82.3 Å². The first-order valence-corrected chi connectivity index (χ1v) is 8.41. The first-order chi connectivity index (χ1) is 12.0. The summed E-state index contributed by atoms with van der Waals surface area (Å²) in [7, 11) is 0. The van der Waals surface area contributed by atoms with E-state index in [1.165, 1.54) is 13.1 Å². The summed E-state index contributed by atoms with van der Waals surface area (Å²) in [6.45, 7) is 2.55. The fourth-order valence-electron chi connectivity index (χ4n) is 2.92. The minimum absolute atomic E-state index is 0.0887. The molecule has 1 aromatic heterocycles. The van der Waals surface area contributed by atoms with Crippen molar-refractivity contribution in [3.8, 4) is 0 Å². The van der Waals surface area contributed by atoms with Crippen molar-refractivity contribution in [2.24, 2.45) is 0 Å². The van der Waals surface area contributed by atoms with Crippen LogP contribution in [0.15, 0.2) is 36.5 Å². The molecule has 0 atom stereocenters. The second-order valence-electron chi connectivity index (χ2n) is 6.21. The standard InChI is InChI=1S/C19H21N3O3/c1-13(23)15-10-17(20-12-15)19(25)21-11-14-5-4-6-16(9-14)22-8-3-2-7-18(22)24/h4-6,9-10,12,20H,2-3,7-8,11H2,1H3,(H,21,25). The van der Waals surface area contributed by atoms with Gasteiger partial charge in [0.2, 0.25) is 5.91 Å². The molecule has 0 unspecified atom stereocenters. The lowest BCUT2D eigenvalue weighted by atomic mass is 10.1. The van der Waals surface area contributed by atoms with E-state index in [1.54, 1.807) is 11.0 Å². The second-order valence-corrected chi connectivity index (χ2v) is 6.21. The van der Waals surface area contributed by atoms with Gasteiger partial charge in [-0.1, -0.05) is 12.1 Å². The first kappa shape index (κ1) is 17.0. The molecule has 1 aromatic carbocycles. The number of rotatable bonds is 5. The summed E-state index contributed by atoms with van der Waals surface area (Å²) < 4.78 is 0. The Morgan fingerprint density at radius 3 is 2.80 bits per heavy atom. The lowest BCUT2D eigenvalue weighted by Gasteiger charge is -2.27. The van der Waals surface area contributed by atoms with Gasteiger partial charge < -0.3 is 15.2 Å². The molecular weight excluding hydrogens is 318 g/mol. The lowest BCUT2D eigenvalue weighted by Crippen LogP contribution is -2.35. The van der Waals surface area contributed by atoms with E-state index in [4.69, 9.17) is 0 Å². The van der Waals surface area contributed by atoms with E-state index in [1.807, 2.05) is 24.3 Å². The molecule has 3 rings (SSSR count). The van der Waals surface area contributed by atoms with Gasteiger partial charge in [0, 0.05) is 37.0 Å². The van der Waals surface area contributed by atoms with Gasteiger partial charge in [-0.25, -0.2) is 0 Å². The number of Topliss-reactive ketones (excluding diaryl/α,β-unsaturated/α-hetero) is 1. The SMILES string of the molecule is CC(=O)c1c[nH]c(C(=O)NCc2cccc(N3CCCCC3=O)c2)c1. The second kappa shape index (κ2) is 7.34. The molecule has 1 aliphatic rings. The molecule has 0 spiro atoms. The molecule has 6 heteroatoms. The van der Waals surface area contributed by atoms with Gasteiger partial charge in [-0.2, -0.15) is 0 Å². The smallest absolute Gasteiger partial charge is 0.267 e. The zero-order valence-corrected chi connectivity index (χ0v) is 14.2. The third-order valence-electron chi connectivity index (χ3n) is 4.33. The Bertz CT molecular complexity index is 810. The molecule has 2 amide bonds. The number of amides is 2. The van der Waals surface area contributed by atoms with Crippen molar-refractivity contribution in [2.75, 3.05) is 11.4 Å². The van der Waals surface area contributed by atoms with Crippen LogP contribution in [0.4, 0.5) is 5.69 Å². The van der Waals surface area contributed by atoms with Crippen LogP contribution in [0, 0.1) is 0 Å². The Kier molecular flexibility index (Phi) is 4.97. The van der Waals surface area contributed by atoms with Crippen LogP contribution in [0.2, 0.25) is 0 Å². The molecule has 0 bridgehead atoms. The van der Waals surface area contributed by atoms with Gasteiger partial charge >= 0.3 is 0 Å². The summed E-state index contributed by atoms with van der Waals surface area (Å²) in [4.78, 5) is 40.1. The van der Waals surface area contributed by atoms with Crippen molar-refractivity contribution in [3.05, 3.63) is 53.3 Å². The van der Waals surface area contributed by atoms with Gasteiger partial charge in [0.15, 0.2) is 5.78 Å². The summed E-state index contributed by atoms with van der Waals surface area (Å²) in [6.07, 6.45) is 4.08. The minimum Gasteiger partial charge on any atom is -0.356 e. The van der Waals surface area contributed by atoms with E-state index in [0.717, 1.165) is 30.6 Å². The van der Waals surface area contributed by atoms with Gasteiger partial charge in [-0.05, 0) is 43.5 Å². The van der Waals surface area contributed by atoms with Gasteiger partial charge in [0.1, 0.15) is 5.69 Å². The summed E-state index contributed by atoms with van der Waals surface area (Å²) in [5.74, 6) is -0.211. The number of nitrogens with zero attached hydrogens (tertiary/aromatic N) is 1. The molecule has 1 fully saturated rings. The Balaban J connectivity index is 1.64. The van der Waals surface area contributed by atoms with E-state index >= 15 is 0 Å². The first-order valence-electron chi connectivity index (χ1n) is 8.41. The van der Waals surface area contributed by atoms with Crippen molar-refractivity contribution in [2.45, 2.75) is 32.7 Å². The van der Waals surface area contributed by atoms with Crippen LogP contribution in [0.1, 0.15) is 52.6 Å². The molecule has 0 aliphatic carbocycles. The number of H-pyrrole nitrogens is 1. The fourth-order valence-corrected chi connectivity index (χ4v) is 2.92. The average molecular weight is 339 g/mol. The van der Waals surface area contributed by atoms with Crippen LogP contribution in [0.25, 0.3) is 0 Å². The Morgan fingerprint density at radius 1 is 1.24 bits per heavy atom. The predicted molar refractivity (Wildman–Crippen MR) is 94.6 cm³/mol. The maximum atomic E-state index is 12.2. The Labute approximate surface area is 146 Å². The van der Waals surface area contributed by atoms with Crippen LogP contribution in [-0.2, 0) is 11.3 Å². The zero-order valence-electron chi connectivity index (χ0n) is 14.2. The number of piperidine rings is 1. The van der Waals surface area contributed by atoms with Crippen molar-refractivity contribution in [1.29, 1.82) is 0 Å². The number of nitrogens with one attached hydrogen (secondary N) is 2. The normalized spacial score (nSPS) is 14.4. The number of aromatic nitrogens is 1. The molecule has 0 saturated carbocycles. The van der Waals surface area contributed by atoms with Crippen molar-refractivity contribution in [1.82, 2.24) is 10.3 Å². The molecule has 1 aliphatic heterocycles. The lowest BCUT2D eigenvalue weighted by molar-refractivity contribution is -0.119. The van der Waals surface area contributed by atoms with Crippen molar-refractivity contribution >= 4 is 23.3 Å². The summed E-state index contributed by atoms with van der Waals surface area (Å²) in [6, 6.07) is 9.19. The van der Waals surface area contributed by atoms with Crippen LogP contribution < -0.4 is 10.2 Å². The summed E-state index contributed by atoms with van der Waals surface area (Å²) in [5.41, 5.74) is 2.63. The quantitative estimate of drug-likeness (QED) is 0.822. The highest BCUT2D eigenvalue weighted by molar-refractivity contribution is 5.99. The summed E-state index contributed by atoms with van der Waals surface area (Å²) >= 11 is 0. The highest BCUT2D eigenvalue weighted by Gasteiger charge is 2.19. The molecule has 130 valence electrons. The third kappa shape index (κ3) is 3.96. The number of hydrogen-bond acceptors (Lipinski definition) is 3. The average Bonchev–Trinajstić information content (AvgIpc) is 3.11. The van der Waals surface area contributed by atoms with Crippen LogP contribution >= 0.6 is 0 Å². The number of anilines is 1. The van der Waals surface area contributed by atoms with Gasteiger partial charge in [0.05, 0.1) is 0 Å². The van der Waals surface area contributed by atoms with Crippen LogP contribution in [-0.4, -0.2) is 29.1 Å². The highest BCUT2D eigenvalue weighted by Crippen LogP contribution is 2.21. The van der Waals surface area contributed by atoms with E-state index in [2.05, 4.69) is 10.3 Å². The predicted octanol–water partition coefficient (Wildman–Crippen LogP) is 2.66. The number of benzene rings is 1. The number of carbonyl (C=O) groups excluding carboxylic acids is 3. The molecule has 2 N–H and O–H groups in total. The van der Waals surface area contributed by atoms with E-state index in [-0.39, 0.29) is 17.6 Å². The van der Waals surface area contributed by atoms with Crippen molar-refractivity contribution < 1.29 is 14.4 Å². The number of ketones is 1. The van der Waals surface area contributed by atoms with E-state index < -0.39 is 0 Å². The number of carbonyl (C=O) groups is 3. The molecule has 25 heavy (non-hydrogen) atoms. The van der Waals surface area contributed by atoms with Crippen LogP contribution in [0.3, 0.4) is 0 Å². The minimum atomic E-state index is -0.271. The largest absolute Gasteiger partial charge is 0.356 e. The van der Waals surface area contributed by atoms with E-state index in [9.17, 15) is 14.4 Å². The Hall–Kier alpha value is -2.89. The van der Waals surface area contributed by atoms with Gasteiger partial charge in [-0.3, -0.25) is 14.4 Å². The summed E-state index contributed by atoms with van der Waals surface area (Å²) in [5, 5.41) is 2.82. The monoisotopic (exact) mass is 339 g/mol. The fraction of sp³-hybridized carbons (Fsp3) is 0.316. The molecule has 6 nitrogen and oxygen atoms in total.